The highest BCUT2D eigenvalue weighted by Crippen LogP contribution is 2.30. The average molecular weight is 305 g/mol. The Kier molecular flexibility index (Phi) is 5.43. The number of nitrogens with one attached hydrogen (secondary N) is 1. The van der Waals surface area contributed by atoms with Crippen LogP contribution in [0.4, 0.5) is 0 Å². The highest BCUT2D eigenvalue weighted by Gasteiger charge is 2.37. The summed E-state index contributed by atoms with van der Waals surface area (Å²) in [6, 6.07) is 5.15. The van der Waals surface area contributed by atoms with Crippen molar-refractivity contribution in [3.63, 3.8) is 0 Å². The van der Waals surface area contributed by atoms with Gasteiger partial charge in [-0.3, -0.25) is 4.79 Å². The van der Waals surface area contributed by atoms with Gasteiger partial charge >= 0.3 is 13.1 Å². The third kappa shape index (κ3) is 3.60. The van der Waals surface area contributed by atoms with Crippen LogP contribution in [-0.4, -0.2) is 36.6 Å². The van der Waals surface area contributed by atoms with Crippen LogP contribution in [-0.2, 0) is 16.0 Å². The lowest BCUT2D eigenvalue weighted by atomic mass is 9.72. The van der Waals surface area contributed by atoms with Crippen molar-refractivity contribution in [3.8, 4) is 5.75 Å². The number of benzene rings is 1. The van der Waals surface area contributed by atoms with Crippen molar-refractivity contribution in [2.24, 2.45) is 0 Å². The van der Waals surface area contributed by atoms with Crippen LogP contribution in [0.1, 0.15) is 42.6 Å². The number of fused-ring (bicyclic) bond motifs is 1. The number of para-hydroxylation sites is 1. The summed E-state index contributed by atoms with van der Waals surface area (Å²) >= 11 is 0. The smallest absolute Gasteiger partial charge is 0.534 e. The summed E-state index contributed by atoms with van der Waals surface area (Å²) in [7, 11) is -1.19. The van der Waals surface area contributed by atoms with Gasteiger partial charge in [-0.25, -0.2) is 4.79 Å². The summed E-state index contributed by atoms with van der Waals surface area (Å²) in [6.45, 7) is 3.98. The predicted molar refractivity (Wildman–Crippen MR) is 81.5 cm³/mol. The van der Waals surface area contributed by atoms with Gasteiger partial charge in [0.1, 0.15) is 11.3 Å². The number of hydrogen-bond donors (Lipinski definition) is 2. The van der Waals surface area contributed by atoms with E-state index in [1.807, 2.05) is 13.0 Å². The number of amides is 1. The molecule has 1 atom stereocenters. The maximum absolute atomic E-state index is 12.0. The van der Waals surface area contributed by atoms with Crippen LogP contribution in [0.25, 0.3) is 0 Å². The first-order chi connectivity index (χ1) is 10.6. The molecule has 118 valence electrons. The Morgan fingerprint density at radius 2 is 2.23 bits per heavy atom. The first-order valence-corrected chi connectivity index (χ1v) is 7.49. The third-order valence-corrected chi connectivity index (χ3v) is 3.44. The second-order valence-corrected chi connectivity index (χ2v) is 5.17. The molecule has 2 rings (SSSR count). The molecule has 0 bridgehead atoms. The normalized spacial score (nSPS) is 16.5. The van der Waals surface area contributed by atoms with Crippen molar-refractivity contribution in [3.05, 3.63) is 29.3 Å². The maximum atomic E-state index is 12.0. The molecule has 1 amide bonds. The standard InChI is InChI=1S/C15H20BNO5/c1-3-8-21-15(19)11-7-5-6-10-9-12(17-13(18)4-2)16(20)22-14(10)11/h5-7,12,20H,3-4,8-9H2,1-2H3,(H,17,18). The Hall–Kier alpha value is -2.02. The van der Waals surface area contributed by atoms with Gasteiger partial charge in [-0.15, -0.1) is 0 Å². The van der Waals surface area contributed by atoms with Crippen molar-refractivity contribution in [2.75, 3.05) is 6.61 Å². The van der Waals surface area contributed by atoms with Crippen molar-refractivity contribution in [1.29, 1.82) is 0 Å². The first kappa shape index (κ1) is 16.4. The van der Waals surface area contributed by atoms with E-state index in [0.717, 1.165) is 12.0 Å². The van der Waals surface area contributed by atoms with E-state index in [-0.39, 0.29) is 5.91 Å². The van der Waals surface area contributed by atoms with Gasteiger partial charge in [0, 0.05) is 6.42 Å². The molecule has 2 N–H and O–H groups in total. The van der Waals surface area contributed by atoms with E-state index < -0.39 is 19.0 Å². The molecule has 0 fully saturated rings. The van der Waals surface area contributed by atoms with Crippen molar-refractivity contribution in [1.82, 2.24) is 5.32 Å². The number of rotatable bonds is 5. The number of esters is 1. The van der Waals surface area contributed by atoms with Crippen LogP contribution in [0.3, 0.4) is 0 Å². The Morgan fingerprint density at radius 3 is 2.91 bits per heavy atom. The van der Waals surface area contributed by atoms with E-state index in [9.17, 15) is 14.6 Å². The SMILES string of the molecule is CCCOC(=O)c1cccc2c1OB(O)C(NC(=O)CC)C2. The fourth-order valence-electron chi connectivity index (χ4n) is 2.29. The zero-order valence-electron chi connectivity index (χ0n) is 12.8. The van der Waals surface area contributed by atoms with Crippen LogP contribution in [0.5, 0.6) is 5.75 Å². The molecule has 22 heavy (non-hydrogen) atoms. The van der Waals surface area contributed by atoms with Gasteiger partial charge in [0.05, 0.1) is 12.5 Å². The molecule has 7 heteroatoms. The van der Waals surface area contributed by atoms with Gasteiger partial charge in [0.25, 0.3) is 0 Å². The number of ether oxygens (including phenoxy) is 1. The summed E-state index contributed by atoms with van der Waals surface area (Å²) in [6.07, 6.45) is 1.46. The molecule has 1 aliphatic heterocycles. The van der Waals surface area contributed by atoms with Gasteiger partial charge < -0.3 is 19.7 Å². The molecule has 0 aliphatic carbocycles. The fraction of sp³-hybridized carbons (Fsp3) is 0.467. The molecular weight excluding hydrogens is 285 g/mol. The second kappa shape index (κ2) is 7.31. The lowest BCUT2D eigenvalue weighted by Crippen LogP contribution is -2.53. The van der Waals surface area contributed by atoms with Crippen LogP contribution < -0.4 is 9.97 Å². The van der Waals surface area contributed by atoms with Crippen LogP contribution in [0, 0.1) is 0 Å². The average Bonchev–Trinajstić information content (AvgIpc) is 2.52. The van der Waals surface area contributed by atoms with Gasteiger partial charge in [0.15, 0.2) is 0 Å². The summed E-state index contributed by atoms with van der Waals surface area (Å²) < 4.78 is 10.6. The van der Waals surface area contributed by atoms with Gasteiger partial charge in [-0.2, -0.15) is 0 Å². The topological polar surface area (TPSA) is 84.9 Å². The number of hydrogen-bond acceptors (Lipinski definition) is 5. The largest absolute Gasteiger partial charge is 0.547 e. The lowest BCUT2D eigenvalue weighted by molar-refractivity contribution is -0.121. The zero-order valence-corrected chi connectivity index (χ0v) is 12.8. The quantitative estimate of drug-likeness (QED) is 0.628. The summed E-state index contributed by atoms with van der Waals surface area (Å²) in [5.41, 5.74) is 1.06. The van der Waals surface area contributed by atoms with E-state index in [2.05, 4.69) is 5.32 Å². The van der Waals surface area contributed by atoms with Crippen molar-refractivity contribution >= 4 is 19.0 Å². The summed E-state index contributed by atoms with van der Waals surface area (Å²) in [5, 5.41) is 12.8. The van der Waals surface area contributed by atoms with Gasteiger partial charge in [-0.1, -0.05) is 26.0 Å². The number of carbonyl (C=O) groups is 2. The molecule has 0 radical (unpaired) electrons. The Balaban J connectivity index is 2.20. The van der Waals surface area contributed by atoms with E-state index in [4.69, 9.17) is 9.39 Å². The van der Waals surface area contributed by atoms with Crippen LogP contribution >= 0.6 is 0 Å². The van der Waals surface area contributed by atoms with E-state index in [1.54, 1.807) is 19.1 Å². The molecular formula is C15H20BNO5. The van der Waals surface area contributed by atoms with Crippen molar-refractivity contribution < 1.29 is 24.0 Å². The first-order valence-electron chi connectivity index (χ1n) is 7.49. The predicted octanol–water partition coefficient (Wildman–Crippen LogP) is 1.10. The summed E-state index contributed by atoms with van der Waals surface area (Å²) in [5.74, 6) is -0.823. The van der Waals surface area contributed by atoms with E-state index in [1.165, 1.54) is 0 Å². The molecule has 0 saturated heterocycles. The molecule has 0 spiro atoms. The van der Waals surface area contributed by atoms with Crippen LogP contribution in [0.2, 0.25) is 0 Å². The monoisotopic (exact) mass is 305 g/mol. The minimum Gasteiger partial charge on any atom is -0.534 e. The van der Waals surface area contributed by atoms with E-state index >= 15 is 0 Å². The molecule has 1 unspecified atom stereocenters. The fourth-order valence-corrected chi connectivity index (χ4v) is 2.29. The molecule has 1 aromatic carbocycles. The highest BCUT2D eigenvalue weighted by atomic mass is 16.5. The Bertz CT molecular complexity index is 563. The molecule has 1 aliphatic rings. The summed E-state index contributed by atoms with van der Waals surface area (Å²) in [4.78, 5) is 23.5. The molecule has 6 nitrogen and oxygen atoms in total. The third-order valence-electron chi connectivity index (χ3n) is 3.44. The molecule has 1 aromatic rings. The molecule has 0 saturated carbocycles. The van der Waals surface area contributed by atoms with Gasteiger partial charge in [0.2, 0.25) is 5.91 Å². The lowest BCUT2D eigenvalue weighted by Gasteiger charge is -2.29. The van der Waals surface area contributed by atoms with Gasteiger partial charge in [-0.05, 0) is 24.5 Å². The highest BCUT2D eigenvalue weighted by molar-refractivity contribution is 6.47. The Morgan fingerprint density at radius 1 is 1.45 bits per heavy atom. The minimum absolute atomic E-state index is 0.158. The van der Waals surface area contributed by atoms with Crippen LogP contribution in [0.15, 0.2) is 18.2 Å². The maximum Gasteiger partial charge on any atom is 0.547 e. The molecule has 1 heterocycles. The number of carbonyl (C=O) groups excluding carboxylic acids is 2. The van der Waals surface area contributed by atoms with E-state index in [0.29, 0.717) is 30.8 Å². The zero-order chi connectivity index (χ0) is 16.1. The molecule has 0 aromatic heterocycles. The second-order valence-electron chi connectivity index (χ2n) is 5.17. The Labute approximate surface area is 129 Å². The van der Waals surface area contributed by atoms with Crippen molar-refractivity contribution in [2.45, 2.75) is 39.1 Å². The minimum atomic E-state index is -1.19.